The Kier molecular flexibility index (Phi) is 6.06. The summed E-state index contributed by atoms with van der Waals surface area (Å²) >= 11 is 5.95. The van der Waals surface area contributed by atoms with Gasteiger partial charge in [-0.05, 0) is 24.3 Å². The Balaban J connectivity index is 2.40. The zero-order valence-electron chi connectivity index (χ0n) is 12.9. The molecule has 0 spiro atoms. The van der Waals surface area contributed by atoms with Crippen molar-refractivity contribution < 1.29 is 22.3 Å². The van der Waals surface area contributed by atoms with E-state index in [1.165, 1.54) is 43.2 Å². The first-order chi connectivity index (χ1) is 11.0. The first-order valence-corrected chi connectivity index (χ1v) is 8.64. The Morgan fingerprint density at radius 2 is 2.04 bits per heavy atom. The molecule has 1 aromatic heterocycles. The number of furan rings is 1. The maximum Gasteiger partial charge on any atom is 0.247 e. The summed E-state index contributed by atoms with van der Waals surface area (Å²) in [6, 6.07) is 6.20. The van der Waals surface area contributed by atoms with Crippen LogP contribution in [0, 0.1) is 0 Å². The molecule has 23 heavy (non-hydrogen) atoms. The SMILES string of the molecule is COCCN(Cc1ccoc1)S(=O)(=O)c1cc(Cl)ccc1OC. The fourth-order valence-electron chi connectivity index (χ4n) is 2.05. The van der Waals surface area contributed by atoms with Gasteiger partial charge < -0.3 is 13.9 Å². The molecule has 126 valence electrons. The molecule has 0 aliphatic heterocycles. The lowest BCUT2D eigenvalue weighted by Gasteiger charge is -2.22. The summed E-state index contributed by atoms with van der Waals surface area (Å²) in [5.74, 6) is 0.240. The van der Waals surface area contributed by atoms with Gasteiger partial charge >= 0.3 is 0 Å². The molecule has 0 aliphatic carbocycles. The Hall–Kier alpha value is -1.54. The van der Waals surface area contributed by atoms with E-state index in [4.69, 9.17) is 25.5 Å². The van der Waals surface area contributed by atoms with Crippen LogP contribution in [0.3, 0.4) is 0 Å². The largest absolute Gasteiger partial charge is 0.495 e. The highest BCUT2D eigenvalue weighted by molar-refractivity contribution is 7.89. The van der Waals surface area contributed by atoms with E-state index < -0.39 is 10.0 Å². The number of hydrogen-bond acceptors (Lipinski definition) is 5. The molecule has 0 N–H and O–H groups in total. The Labute approximate surface area is 140 Å². The van der Waals surface area contributed by atoms with Crippen LogP contribution in [0.15, 0.2) is 46.1 Å². The molecule has 0 amide bonds. The molecule has 0 radical (unpaired) electrons. The number of hydrogen-bond donors (Lipinski definition) is 0. The van der Waals surface area contributed by atoms with Crippen LogP contribution in [-0.4, -0.2) is 40.1 Å². The summed E-state index contributed by atoms with van der Waals surface area (Å²) in [5, 5.41) is 0.319. The van der Waals surface area contributed by atoms with Crippen LogP contribution in [0.1, 0.15) is 5.56 Å². The van der Waals surface area contributed by atoms with Gasteiger partial charge in [-0.1, -0.05) is 11.6 Å². The van der Waals surface area contributed by atoms with Crippen LogP contribution >= 0.6 is 11.6 Å². The first kappa shape index (κ1) is 17.8. The van der Waals surface area contributed by atoms with Gasteiger partial charge in [-0.15, -0.1) is 0 Å². The van der Waals surface area contributed by atoms with E-state index in [1.807, 2.05) is 0 Å². The van der Waals surface area contributed by atoms with E-state index in [0.29, 0.717) is 5.02 Å². The summed E-state index contributed by atoms with van der Waals surface area (Å²) in [7, 11) is -0.881. The molecule has 0 fully saturated rings. The van der Waals surface area contributed by atoms with Crippen molar-refractivity contribution in [2.24, 2.45) is 0 Å². The maximum atomic E-state index is 13.0. The minimum atomic E-state index is -3.81. The number of methoxy groups -OCH3 is 2. The Morgan fingerprint density at radius 1 is 1.26 bits per heavy atom. The van der Waals surface area contributed by atoms with Crippen LogP contribution in [0.4, 0.5) is 0 Å². The second-order valence-electron chi connectivity index (χ2n) is 4.76. The molecule has 0 saturated carbocycles. The van der Waals surface area contributed by atoms with Crippen molar-refractivity contribution in [1.29, 1.82) is 0 Å². The smallest absolute Gasteiger partial charge is 0.247 e. The number of rotatable bonds is 8. The highest BCUT2D eigenvalue weighted by Crippen LogP contribution is 2.30. The lowest BCUT2D eigenvalue weighted by molar-refractivity contribution is 0.177. The molecule has 6 nitrogen and oxygen atoms in total. The van der Waals surface area contributed by atoms with E-state index in [0.717, 1.165) is 5.56 Å². The molecule has 0 atom stereocenters. The van der Waals surface area contributed by atoms with Gasteiger partial charge in [0.15, 0.2) is 0 Å². The molecule has 0 bridgehead atoms. The van der Waals surface area contributed by atoms with E-state index in [1.54, 1.807) is 12.1 Å². The summed E-state index contributed by atoms with van der Waals surface area (Å²) in [6.45, 7) is 0.623. The summed E-state index contributed by atoms with van der Waals surface area (Å²) in [5.41, 5.74) is 0.741. The molecule has 0 saturated heterocycles. The zero-order valence-corrected chi connectivity index (χ0v) is 14.4. The number of nitrogens with zero attached hydrogens (tertiary/aromatic N) is 1. The third kappa shape index (κ3) is 4.26. The van der Waals surface area contributed by atoms with Gasteiger partial charge in [0.05, 0.1) is 26.2 Å². The summed E-state index contributed by atoms with van der Waals surface area (Å²) in [4.78, 5) is 0.0205. The van der Waals surface area contributed by atoms with Crippen LogP contribution < -0.4 is 4.74 Å². The van der Waals surface area contributed by atoms with Crippen molar-refractivity contribution in [2.45, 2.75) is 11.4 Å². The zero-order chi connectivity index (χ0) is 16.9. The average Bonchev–Trinajstić information content (AvgIpc) is 3.04. The van der Waals surface area contributed by atoms with E-state index >= 15 is 0 Å². The number of sulfonamides is 1. The first-order valence-electron chi connectivity index (χ1n) is 6.82. The minimum absolute atomic E-state index is 0.0205. The van der Waals surface area contributed by atoms with Gasteiger partial charge in [0.25, 0.3) is 0 Å². The molecule has 0 unspecified atom stereocenters. The van der Waals surface area contributed by atoms with Crippen molar-refractivity contribution in [3.8, 4) is 5.75 Å². The molecule has 8 heteroatoms. The summed E-state index contributed by atoms with van der Waals surface area (Å²) < 4.78 is 42.5. The third-order valence-electron chi connectivity index (χ3n) is 3.23. The minimum Gasteiger partial charge on any atom is -0.495 e. The van der Waals surface area contributed by atoms with Gasteiger partial charge in [-0.3, -0.25) is 0 Å². The van der Waals surface area contributed by atoms with Crippen molar-refractivity contribution in [1.82, 2.24) is 4.31 Å². The quantitative estimate of drug-likeness (QED) is 0.725. The fourth-order valence-corrected chi connectivity index (χ4v) is 3.89. The highest BCUT2D eigenvalue weighted by atomic mass is 35.5. The highest BCUT2D eigenvalue weighted by Gasteiger charge is 2.28. The molecule has 1 heterocycles. The van der Waals surface area contributed by atoms with Crippen molar-refractivity contribution in [3.05, 3.63) is 47.4 Å². The molecule has 0 aliphatic rings. The second kappa shape index (κ2) is 7.83. The van der Waals surface area contributed by atoms with Crippen LogP contribution in [-0.2, 0) is 21.3 Å². The van der Waals surface area contributed by atoms with Crippen LogP contribution in [0.25, 0.3) is 0 Å². The van der Waals surface area contributed by atoms with Crippen molar-refractivity contribution >= 4 is 21.6 Å². The number of halogens is 1. The predicted molar refractivity (Wildman–Crippen MR) is 86.2 cm³/mol. The maximum absolute atomic E-state index is 13.0. The van der Waals surface area contributed by atoms with Crippen LogP contribution in [0.5, 0.6) is 5.75 Å². The monoisotopic (exact) mass is 359 g/mol. The van der Waals surface area contributed by atoms with E-state index in [2.05, 4.69) is 0 Å². The molecule has 2 rings (SSSR count). The van der Waals surface area contributed by atoms with Crippen LogP contribution in [0.2, 0.25) is 5.02 Å². The molecular formula is C15H18ClNO5S. The lowest BCUT2D eigenvalue weighted by atomic mass is 10.3. The van der Waals surface area contributed by atoms with Crippen molar-refractivity contribution in [2.75, 3.05) is 27.4 Å². The molecule has 2 aromatic rings. The molecule has 1 aromatic carbocycles. The molecular weight excluding hydrogens is 342 g/mol. The number of benzene rings is 1. The summed E-state index contributed by atoms with van der Waals surface area (Å²) in [6.07, 6.45) is 3.00. The average molecular weight is 360 g/mol. The third-order valence-corrected chi connectivity index (χ3v) is 5.33. The topological polar surface area (TPSA) is 69.0 Å². The normalized spacial score (nSPS) is 11.8. The standard InChI is InChI=1S/C15H18ClNO5S/c1-20-8-6-17(10-12-5-7-22-11-12)23(18,19)15-9-13(16)3-4-14(15)21-2/h3-5,7,9,11H,6,8,10H2,1-2H3. The van der Waals surface area contributed by atoms with Gasteiger partial charge in [0.2, 0.25) is 10.0 Å². The van der Waals surface area contributed by atoms with Gasteiger partial charge in [-0.25, -0.2) is 8.42 Å². The van der Waals surface area contributed by atoms with Gasteiger partial charge in [-0.2, -0.15) is 4.31 Å². The van der Waals surface area contributed by atoms with E-state index in [-0.39, 0.29) is 30.3 Å². The lowest BCUT2D eigenvalue weighted by Crippen LogP contribution is -2.33. The number of ether oxygens (including phenoxy) is 2. The fraction of sp³-hybridized carbons (Fsp3) is 0.333. The second-order valence-corrected chi connectivity index (χ2v) is 7.10. The Bertz CT molecular complexity index is 730. The predicted octanol–water partition coefficient (Wildman–Crippen LogP) is 2.78. The van der Waals surface area contributed by atoms with Gasteiger partial charge in [0, 0.05) is 30.8 Å². The van der Waals surface area contributed by atoms with E-state index in [9.17, 15) is 8.42 Å². The van der Waals surface area contributed by atoms with Crippen molar-refractivity contribution in [3.63, 3.8) is 0 Å². The van der Waals surface area contributed by atoms with Gasteiger partial charge in [0.1, 0.15) is 10.6 Å². The Morgan fingerprint density at radius 3 is 2.65 bits per heavy atom.